The molecule has 0 bridgehead atoms. The molecule has 0 saturated heterocycles. The maximum absolute atomic E-state index is 11.5. The van der Waals surface area contributed by atoms with Crippen LogP contribution in [0.2, 0.25) is 0 Å². The van der Waals surface area contributed by atoms with Crippen molar-refractivity contribution in [2.45, 2.75) is 38.6 Å². The maximum Gasteiger partial charge on any atom is 0.406 e. The molecule has 0 radical (unpaired) electrons. The molecule has 1 saturated carbocycles. The van der Waals surface area contributed by atoms with Gasteiger partial charge in [0.2, 0.25) is 12.1 Å². The van der Waals surface area contributed by atoms with Crippen LogP contribution in [0.3, 0.4) is 0 Å². The number of carboxylic acid groups (broad SMARTS) is 1. The Hall–Kier alpha value is -2.12. The second-order valence-corrected chi connectivity index (χ2v) is 5.45. The molecule has 1 aliphatic rings. The Labute approximate surface area is 116 Å². The van der Waals surface area contributed by atoms with E-state index in [0.717, 1.165) is 12.8 Å². The number of nitro groups is 1. The molecule has 2 atom stereocenters. The van der Waals surface area contributed by atoms with Crippen molar-refractivity contribution in [1.29, 1.82) is 0 Å². The average molecular weight is 282 g/mol. The van der Waals surface area contributed by atoms with Gasteiger partial charge in [-0.3, -0.25) is 9.36 Å². The molecule has 2 unspecified atom stereocenters. The van der Waals surface area contributed by atoms with Crippen molar-refractivity contribution in [2.24, 2.45) is 12.5 Å². The summed E-state index contributed by atoms with van der Waals surface area (Å²) in [4.78, 5) is 25.6. The van der Waals surface area contributed by atoms with Crippen molar-refractivity contribution in [2.75, 3.05) is 5.32 Å². The molecule has 110 valence electrons. The Morgan fingerprint density at radius 1 is 1.65 bits per heavy atom. The summed E-state index contributed by atoms with van der Waals surface area (Å²) in [6, 6.07) is -0.345. The van der Waals surface area contributed by atoms with E-state index in [1.807, 2.05) is 0 Å². The van der Waals surface area contributed by atoms with Gasteiger partial charge in [0.05, 0.1) is 5.41 Å². The number of anilines is 1. The molecule has 0 aromatic carbocycles. The highest BCUT2D eigenvalue weighted by Crippen LogP contribution is 2.39. The number of carbonyl (C=O) groups is 1. The van der Waals surface area contributed by atoms with E-state index in [0.29, 0.717) is 12.8 Å². The lowest BCUT2D eigenvalue weighted by Gasteiger charge is -2.38. The Morgan fingerprint density at radius 2 is 2.35 bits per heavy atom. The Bertz CT molecular complexity index is 542. The molecule has 1 aromatic heterocycles. The Balaban J connectivity index is 2.30. The third-order valence-corrected chi connectivity index (χ3v) is 4.10. The van der Waals surface area contributed by atoms with Gasteiger partial charge in [-0.05, 0) is 29.7 Å². The molecule has 8 heteroatoms. The van der Waals surface area contributed by atoms with Gasteiger partial charge >= 0.3 is 11.8 Å². The lowest BCUT2D eigenvalue weighted by molar-refractivity contribution is -0.388. The van der Waals surface area contributed by atoms with Gasteiger partial charge < -0.3 is 20.5 Å². The van der Waals surface area contributed by atoms with Crippen LogP contribution in [0.1, 0.15) is 32.6 Å². The summed E-state index contributed by atoms with van der Waals surface area (Å²) in [6.07, 6.45) is 4.35. The summed E-state index contributed by atoms with van der Waals surface area (Å²) >= 11 is 0. The van der Waals surface area contributed by atoms with Gasteiger partial charge in [-0.1, -0.05) is 12.8 Å². The van der Waals surface area contributed by atoms with E-state index >= 15 is 0 Å². The zero-order chi connectivity index (χ0) is 14.9. The number of imidazole rings is 1. The van der Waals surface area contributed by atoms with Crippen LogP contribution in [0.4, 0.5) is 11.6 Å². The van der Waals surface area contributed by atoms with E-state index < -0.39 is 16.3 Å². The predicted molar refractivity (Wildman–Crippen MR) is 71.5 cm³/mol. The third-order valence-electron chi connectivity index (χ3n) is 4.10. The van der Waals surface area contributed by atoms with E-state index in [9.17, 15) is 20.0 Å². The van der Waals surface area contributed by atoms with Crippen molar-refractivity contribution in [3.05, 3.63) is 16.4 Å². The largest absolute Gasteiger partial charge is 0.481 e. The number of nitrogens with one attached hydrogen (secondary N) is 1. The molecule has 2 rings (SSSR count). The van der Waals surface area contributed by atoms with Crippen LogP contribution >= 0.6 is 0 Å². The van der Waals surface area contributed by atoms with Crippen molar-refractivity contribution in [3.63, 3.8) is 0 Å². The predicted octanol–water partition coefficient (Wildman–Crippen LogP) is 1.77. The number of aryl methyl sites for hydroxylation is 1. The molecular weight excluding hydrogens is 264 g/mol. The van der Waals surface area contributed by atoms with Crippen LogP contribution in [0.5, 0.6) is 0 Å². The van der Waals surface area contributed by atoms with Crippen LogP contribution in [0.15, 0.2) is 6.33 Å². The molecule has 0 amide bonds. The van der Waals surface area contributed by atoms with Gasteiger partial charge in [0.15, 0.2) is 0 Å². The van der Waals surface area contributed by atoms with Crippen LogP contribution in [0, 0.1) is 15.5 Å². The fourth-order valence-corrected chi connectivity index (χ4v) is 2.70. The number of aliphatic carboxylic acids is 1. The summed E-state index contributed by atoms with van der Waals surface area (Å²) in [6.45, 7) is 1.69. The highest BCUT2D eigenvalue weighted by Gasteiger charge is 2.44. The van der Waals surface area contributed by atoms with Crippen molar-refractivity contribution in [1.82, 2.24) is 9.55 Å². The number of carboxylic acids is 1. The van der Waals surface area contributed by atoms with Gasteiger partial charge in [0.1, 0.15) is 0 Å². The minimum Gasteiger partial charge on any atom is -0.481 e. The second-order valence-electron chi connectivity index (χ2n) is 5.45. The molecule has 8 nitrogen and oxygen atoms in total. The number of aromatic nitrogens is 2. The summed E-state index contributed by atoms with van der Waals surface area (Å²) in [5, 5.41) is 23.4. The molecule has 1 aliphatic carbocycles. The monoisotopic (exact) mass is 282 g/mol. The molecule has 1 aromatic rings. The molecule has 1 fully saturated rings. The highest BCUT2D eigenvalue weighted by molar-refractivity contribution is 5.76. The van der Waals surface area contributed by atoms with E-state index in [1.165, 1.54) is 10.9 Å². The molecule has 0 spiro atoms. The Morgan fingerprint density at radius 3 is 2.95 bits per heavy atom. The van der Waals surface area contributed by atoms with Crippen LogP contribution < -0.4 is 5.32 Å². The highest BCUT2D eigenvalue weighted by atomic mass is 16.6. The van der Waals surface area contributed by atoms with Gasteiger partial charge in [-0.2, -0.15) is 0 Å². The first-order valence-electron chi connectivity index (χ1n) is 6.52. The smallest absolute Gasteiger partial charge is 0.406 e. The van der Waals surface area contributed by atoms with Gasteiger partial charge in [0, 0.05) is 13.1 Å². The SMILES string of the molecule is Cn1cnc([N+](=O)[O-])c1NC1CCCCC1(C)C(=O)O. The summed E-state index contributed by atoms with van der Waals surface area (Å²) in [7, 11) is 1.64. The van der Waals surface area contributed by atoms with E-state index in [2.05, 4.69) is 10.3 Å². The quantitative estimate of drug-likeness (QED) is 0.643. The minimum atomic E-state index is -0.920. The van der Waals surface area contributed by atoms with Crippen molar-refractivity contribution in [3.8, 4) is 0 Å². The third kappa shape index (κ3) is 2.33. The number of nitrogens with zero attached hydrogens (tertiary/aromatic N) is 3. The summed E-state index contributed by atoms with van der Waals surface area (Å²) in [5.74, 6) is -0.889. The summed E-state index contributed by atoms with van der Waals surface area (Å²) < 4.78 is 1.51. The second kappa shape index (κ2) is 5.10. The number of hydrogen-bond acceptors (Lipinski definition) is 5. The van der Waals surface area contributed by atoms with Crippen LogP contribution in [-0.4, -0.2) is 31.6 Å². The van der Waals surface area contributed by atoms with Gasteiger partial charge in [-0.25, -0.2) is 0 Å². The zero-order valence-corrected chi connectivity index (χ0v) is 11.5. The molecular formula is C12H18N4O4. The van der Waals surface area contributed by atoms with Crippen LogP contribution in [-0.2, 0) is 11.8 Å². The van der Waals surface area contributed by atoms with Gasteiger partial charge in [0.25, 0.3) is 0 Å². The topological polar surface area (TPSA) is 110 Å². The molecule has 0 aliphatic heterocycles. The first kappa shape index (κ1) is 14.3. The van der Waals surface area contributed by atoms with E-state index in [1.54, 1.807) is 14.0 Å². The fraction of sp³-hybridized carbons (Fsp3) is 0.667. The normalized spacial score (nSPS) is 26.2. The number of rotatable bonds is 4. The average Bonchev–Trinajstić information content (AvgIpc) is 2.74. The lowest BCUT2D eigenvalue weighted by atomic mass is 9.71. The zero-order valence-electron chi connectivity index (χ0n) is 11.5. The van der Waals surface area contributed by atoms with Crippen molar-refractivity contribution < 1.29 is 14.8 Å². The maximum atomic E-state index is 11.5. The minimum absolute atomic E-state index is 0.259. The standard InChI is InChI=1S/C12H18N4O4/c1-12(11(17)18)6-4-3-5-8(12)14-10-9(16(19)20)13-7-15(10)2/h7-8,14H,3-6H2,1-2H3,(H,17,18). The van der Waals surface area contributed by atoms with Crippen LogP contribution in [0.25, 0.3) is 0 Å². The van der Waals surface area contributed by atoms with E-state index in [-0.39, 0.29) is 17.7 Å². The first-order chi connectivity index (χ1) is 9.36. The first-order valence-corrected chi connectivity index (χ1v) is 6.52. The number of hydrogen-bond donors (Lipinski definition) is 2. The molecule has 2 N–H and O–H groups in total. The van der Waals surface area contributed by atoms with E-state index in [4.69, 9.17) is 0 Å². The molecule has 20 heavy (non-hydrogen) atoms. The van der Waals surface area contributed by atoms with Gasteiger partial charge in [-0.15, -0.1) is 0 Å². The molecule has 1 heterocycles. The Kier molecular flexibility index (Phi) is 3.65. The fourth-order valence-electron chi connectivity index (χ4n) is 2.70. The van der Waals surface area contributed by atoms with Crippen molar-refractivity contribution >= 4 is 17.6 Å². The lowest BCUT2D eigenvalue weighted by Crippen LogP contribution is -2.47. The summed E-state index contributed by atoms with van der Waals surface area (Å²) in [5.41, 5.74) is -0.920.